The van der Waals surface area contributed by atoms with Gasteiger partial charge in [-0.3, -0.25) is 0 Å². The molecule has 0 amide bonds. The molecule has 2 aromatic carbocycles. The van der Waals surface area contributed by atoms with Gasteiger partial charge in [0.05, 0.1) is 22.3 Å². The Morgan fingerprint density at radius 3 is 2.55 bits per heavy atom. The van der Waals surface area contributed by atoms with E-state index in [0.29, 0.717) is 22.4 Å². The summed E-state index contributed by atoms with van der Waals surface area (Å²) in [6.07, 6.45) is -4.39. The summed E-state index contributed by atoms with van der Waals surface area (Å²) < 4.78 is 39.9. The summed E-state index contributed by atoms with van der Waals surface area (Å²) in [5, 5.41) is 16.4. The minimum atomic E-state index is -4.39. The molecule has 152 valence electrons. The highest BCUT2D eigenvalue weighted by atomic mass is 19.4. The lowest BCUT2D eigenvalue weighted by Crippen LogP contribution is -2.04. The second-order valence-corrected chi connectivity index (χ2v) is 6.75. The highest BCUT2D eigenvalue weighted by molar-refractivity contribution is 5.82. The summed E-state index contributed by atoms with van der Waals surface area (Å²) in [7, 11) is 0. The molecule has 5 aromatic rings. The Bertz CT molecular complexity index is 1460. The minimum Gasteiger partial charge on any atom is -0.329 e. The number of rotatable bonds is 3. The smallest absolute Gasteiger partial charge is 0.329 e. The van der Waals surface area contributed by atoms with E-state index in [1.807, 2.05) is 30.3 Å². The summed E-state index contributed by atoms with van der Waals surface area (Å²) in [5.41, 5.74) is 3.25. The number of halogens is 3. The van der Waals surface area contributed by atoms with Crippen molar-refractivity contribution in [2.75, 3.05) is 5.32 Å². The number of imidazole rings is 1. The zero-order chi connectivity index (χ0) is 21.6. The Morgan fingerprint density at radius 1 is 1.00 bits per heavy atom. The molecule has 0 aliphatic carbocycles. The molecule has 0 bridgehead atoms. The Hall–Kier alpha value is -4.39. The van der Waals surface area contributed by atoms with Gasteiger partial charge in [0.2, 0.25) is 11.8 Å². The molecule has 0 saturated carbocycles. The molecule has 5 rings (SSSR count). The topological polar surface area (TPSA) is 94.7 Å². The number of hydrogen-bond acceptors (Lipinski definition) is 5. The van der Waals surface area contributed by atoms with Gasteiger partial charge in [-0.05, 0) is 48.5 Å². The third-order valence-electron chi connectivity index (χ3n) is 4.71. The Morgan fingerprint density at radius 2 is 1.81 bits per heavy atom. The van der Waals surface area contributed by atoms with E-state index in [1.165, 1.54) is 12.1 Å². The van der Waals surface area contributed by atoms with Gasteiger partial charge in [0.25, 0.3) is 0 Å². The summed E-state index contributed by atoms with van der Waals surface area (Å²) >= 11 is 0. The molecule has 31 heavy (non-hydrogen) atoms. The number of H-pyrrole nitrogens is 1. The third kappa shape index (κ3) is 3.42. The van der Waals surface area contributed by atoms with Crippen LogP contribution in [-0.2, 0) is 6.18 Å². The number of anilines is 2. The zero-order valence-electron chi connectivity index (χ0n) is 15.6. The van der Waals surface area contributed by atoms with E-state index < -0.39 is 11.7 Å². The van der Waals surface area contributed by atoms with Crippen molar-refractivity contribution in [1.29, 1.82) is 5.26 Å². The number of alkyl halides is 3. The highest BCUT2D eigenvalue weighted by Gasteiger charge is 2.30. The maximum atomic E-state index is 12.7. The number of aromatic nitrogens is 5. The van der Waals surface area contributed by atoms with E-state index in [1.54, 1.807) is 16.6 Å². The molecule has 0 atom stereocenters. The van der Waals surface area contributed by atoms with E-state index in [-0.39, 0.29) is 11.8 Å². The molecule has 0 aliphatic rings. The van der Waals surface area contributed by atoms with Gasteiger partial charge in [-0.15, -0.1) is 5.10 Å². The van der Waals surface area contributed by atoms with Crippen molar-refractivity contribution in [3.8, 4) is 17.3 Å². The molecule has 0 aliphatic heterocycles. The van der Waals surface area contributed by atoms with E-state index in [9.17, 15) is 13.2 Å². The van der Waals surface area contributed by atoms with Crippen LogP contribution in [0.1, 0.15) is 11.4 Å². The van der Waals surface area contributed by atoms with Gasteiger partial charge >= 0.3 is 6.18 Å². The quantitative estimate of drug-likeness (QED) is 0.433. The van der Waals surface area contributed by atoms with Gasteiger partial charge in [0.15, 0.2) is 5.65 Å². The van der Waals surface area contributed by atoms with Gasteiger partial charge in [0.1, 0.15) is 6.07 Å². The average molecular weight is 419 g/mol. The first kappa shape index (κ1) is 18.6. The van der Waals surface area contributed by atoms with Gasteiger partial charge < -0.3 is 10.3 Å². The number of nitriles is 1. The lowest BCUT2D eigenvalue weighted by Gasteiger charge is -2.07. The molecular formula is C21H12F3N7. The van der Waals surface area contributed by atoms with E-state index >= 15 is 0 Å². The summed E-state index contributed by atoms with van der Waals surface area (Å²) in [4.78, 5) is 11.5. The predicted octanol–water partition coefficient (Wildman–Crippen LogP) is 4.91. The first-order valence-electron chi connectivity index (χ1n) is 9.11. The lowest BCUT2D eigenvalue weighted by molar-refractivity contribution is -0.137. The summed E-state index contributed by atoms with van der Waals surface area (Å²) in [6.45, 7) is 0. The fraction of sp³-hybridized carbons (Fsp3) is 0.0476. The number of nitrogens with one attached hydrogen (secondary N) is 2. The van der Waals surface area contributed by atoms with Crippen molar-refractivity contribution in [2.24, 2.45) is 0 Å². The maximum absolute atomic E-state index is 12.7. The normalized spacial score (nSPS) is 11.7. The molecule has 0 spiro atoms. The first-order chi connectivity index (χ1) is 14.9. The second kappa shape index (κ2) is 6.84. The number of fused-ring (bicyclic) bond motifs is 2. The summed E-state index contributed by atoms with van der Waals surface area (Å²) in [5.74, 6) is 0.482. The third-order valence-corrected chi connectivity index (χ3v) is 4.71. The van der Waals surface area contributed by atoms with Crippen molar-refractivity contribution in [2.45, 2.75) is 6.18 Å². The van der Waals surface area contributed by atoms with Crippen molar-refractivity contribution in [3.63, 3.8) is 0 Å². The molecule has 3 heterocycles. The number of pyridine rings is 1. The molecular weight excluding hydrogens is 407 g/mol. The zero-order valence-corrected chi connectivity index (χ0v) is 15.6. The van der Waals surface area contributed by atoms with Crippen LogP contribution in [0.3, 0.4) is 0 Å². The Labute approximate surface area is 172 Å². The standard InChI is InChI=1S/C21H12F3N7/c22-21(23,24)13-5-7-14(8-6-13)26-20-29-19-3-1-2-17(31(19)30-20)12-4-9-15-16(10-12)28-18(11-25)27-15/h1-10H,(H,26,30)(H,27,28). The lowest BCUT2D eigenvalue weighted by atomic mass is 10.1. The molecule has 3 aromatic heterocycles. The van der Waals surface area contributed by atoms with Crippen LogP contribution in [0.2, 0.25) is 0 Å². The first-order valence-corrected chi connectivity index (χ1v) is 9.11. The van der Waals surface area contributed by atoms with Gasteiger partial charge in [-0.1, -0.05) is 12.1 Å². The monoisotopic (exact) mass is 419 g/mol. The van der Waals surface area contributed by atoms with Crippen LogP contribution in [-0.4, -0.2) is 24.6 Å². The number of benzene rings is 2. The largest absolute Gasteiger partial charge is 0.416 e. The molecule has 2 N–H and O–H groups in total. The van der Waals surface area contributed by atoms with Crippen LogP contribution >= 0.6 is 0 Å². The van der Waals surface area contributed by atoms with Crippen molar-refractivity contribution >= 4 is 28.3 Å². The highest BCUT2D eigenvalue weighted by Crippen LogP contribution is 2.30. The number of nitrogens with zero attached hydrogens (tertiary/aromatic N) is 5. The van der Waals surface area contributed by atoms with Crippen molar-refractivity contribution in [1.82, 2.24) is 24.6 Å². The Kier molecular flexibility index (Phi) is 4.11. The SMILES string of the molecule is N#Cc1nc2ccc(-c3cccc4nc(Nc5ccc(C(F)(F)F)cc5)nn34)cc2[nH]1. The van der Waals surface area contributed by atoms with Crippen LogP contribution in [0.15, 0.2) is 60.7 Å². The average Bonchev–Trinajstić information content (AvgIpc) is 3.35. The van der Waals surface area contributed by atoms with Gasteiger partial charge in [-0.25, -0.2) is 9.50 Å². The second-order valence-electron chi connectivity index (χ2n) is 6.75. The molecule has 0 unspecified atom stereocenters. The van der Waals surface area contributed by atoms with E-state index in [2.05, 4.69) is 25.4 Å². The van der Waals surface area contributed by atoms with E-state index in [4.69, 9.17) is 5.26 Å². The Balaban J connectivity index is 1.50. The maximum Gasteiger partial charge on any atom is 0.416 e. The van der Waals surface area contributed by atoms with Gasteiger partial charge in [-0.2, -0.15) is 23.4 Å². The van der Waals surface area contributed by atoms with Crippen molar-refractivity contribution in [3.05, 3.63) is 72.1 Å². The van der Waals surface area contributed by atoms with Crippen LogP contribution in [0, 0.1) is 11.3 Å². The molecule has 0 saturated heterocycles. The molecule has 10 heteroatoms. The fourth-order valence-electron chi connectivity index (χ4n) is 3.27. The van der Waals surface area contributed by atoms with Crippen LogP contribution in [0.5, 0.6) is 0 Å². The number of hydrogen-bond donors (Lipinski definition) is 2. The van der Waals surface area contributed by atoms with Crippen LogP contribution in [0.4, 0.5) is 24.8 Å². The fourth-order valence-corrected chi connectivity index (χ4v) is 3.27. The number of aromatic amines is 1. The van der Waals surface area contributed by atoms with Crippen LogP contribution < -0.4 is 5.32 Å². The molecule has 7 nitrogen and oxygen atoms in total. The molecule has 0 radical (unpaired) electrons. The predicted molar refractivity (Wildman–Crippen MR) is 108 cm³/mol. The molecule has 0 fully saturated rings. The van der Waals surface area contributed by atoms with E-state index in [0.717, 1.165) is 23.4 Å². The summed E-state index contributed by atoms with van der Waals surface area (Å²) in [6, 6.07) is 17.6. The minimum absolute atomic E-state index is 0.231. The van der Waals surface area contributed by atoms with Gasteiger partial charge in [0, 0.05) is 11.3 Å². The van der Waals surface area contributed by atoms with Crippen molar-refractivity contribution < 1.29 is 13.2 Å². The van der Waals surface area contributed by atoms with Crippen LogP contribution in [0.25, 0.3) is 27.9 Å².